The average Bonchev–Trinajstić information content (AvgIpc) is 3.14. The van der Waals surface area contributed by atoms with Gasteiger partial charge < -0.3 is 5.32 Å². The van der Waals surface area contributed by atoms with Crippen LogP contribution in [0.1, 0.15) is 20.3 Å². The van der Waals surface area contributed by atoms with Crippen molar-refractivity contribution in [2.45, 2.75) is 37.2 Å². The highest BCUT2D eigenvalue weighted by Crippen LogP contribution is 2.32. The number of hydrogen-bond acceptors (Lipinski definition) is 5. The zero-order valence-corrected chi connectivity index (χ0v) is 17.6. The van der Waals surface area contributed by atoms with Gasteiger partial charge in [-0.3, -0.25) is 14.2 Å². The summed E-state index contributed by atoms with van der Waals surface area (Å²) in [5.74, 6) is -0.0532. The number of nitrogens with one attached hydrogen (secondary N) is 1. The zero-order valence-electron chi connectivity index (χ0n) is 16.0. The lowest BCUT2D eigenvalue weighted by Gasteiger charge is -2.14. The minimum atomic E-state index is -0.347. The van der Waals surface area contributed by atoms with Crippen LogP contribution in [0.2, 0.25) is 0 Å². The number of allylic oxidation sites excluding steroid dienone is 1. The number of carbonyl (C=O) groups is 1. The van der Waals surface area contributed by atoms with E-state index in [9.17, 15) is 9.59 Å². The lowest BCUT2D eigenvalue weighted by molar-refractivity contribution is -0.120. The van der Waals surface area contributed by atoms with Gasteiger partial charge in [0.25, 0.3) is 5.56 Å². The predicted molar refractivity (Wildman–Crippen MR) is 118 cm³/mol. The molecule has 0 saturated heterocycles. The number of benzene rings is 1. The minimum absolute atomic E-state index is 0.0532. The Labute approximate surface area is 172 Å². The number of thioether (sulfide) groups is 1. The van der Waals surface area contributed by atoms with Gasteiger partial charge in [0.2, 0.25) is 5.91 Å². The van der Waals surface area contributed by atoms with Crippen LogP contribution in [-0.2, 0) is 11.3 Å². The lowest BCUT2D eigenvalue weighted by Crippen LogP contribution is -2.32. The van der Waals surface area contributed by atoms with Crippen LogP contribution in [-0.4, -0.2) is 27.3 Å². The van der Waals surface area contributed by atoms with Crippen LogP contribution >= 0.6 is 23.1 Å². The van der Waals surface area contributed by atoms with Crippen molar-refractivity contribution < 1.29 is 4.79 Å². The van der Waals surface area contributed by atoms with Gasteiger partial charge in [0.1, 0.15) is 4.83 Å². The molecule has 5 nitrogen and oxygen atoms in total. The molecular formula is C21H23N3O2S2. The number of amides is 1. The maximum absolute atomic E-state index is 13.1. The van der Waals surface area contributed by atoms with E-state index in [4.69, 9.17) is 4.98 Å². The van der Waals surface area contributed by atoms with Crippen molar-refractivity contribution in [1.82, 2.24) is 14.9 Å². The van der Waals surface area contributed by atoms with Gasteiger partial charge in [-0.05, 0) is 25.0 Å². The molecule has 1 atom stereocenters. The molecule has 0 saturated carbocycles. The molecule has 0 aliphatic carbocycles. The molecule has 7 heteroatoms. The molecule has 0 bridgehead atoms. The second kappa shape index (κ2) is 9.21. The zero-order chi connectivity index (χ0) is 20.1. The van der Waals surface area contributed by atoms with Crippen molar-refractivity contribution in [3.8, 4) is 10.4 Å². The molecule has 3 rings (SSSR count). The monoisotopic (exact) mass is 413 g/mol. The van der Waals surface area contributed by atoms with E-state index in [-0.39, 0.29) is 16.7 Å². The van der Waals surface area contributed by atoms with Crippen LogP contribution in [0, 0.1) is 0 Å². The summed E-state index contributed by atoms with van der Waals surface area (Å²) in [5.41, 5.74) is 0.952. The van der Waals surface area contributed by atoms with Gasteiger partial charge in [0.15, 0.2) is 5.16 Å². The molecule has 0 radical (unpaired) electrons. The lowest BCUT2D eigenvalue weighted by atomic mass is 10.2. The van der Waals surface area contributed by atoms with E-state index < -0.39 is 0 Å². The topological polar surface area (TPSA) is 64.0 Å². The highest BCUT2D eigenvalue weighted by Gasteiger charge is 2.20. The fourth-order valence-corrected chi connectivity index (χ4v) is 4.75. The van der Waals surface area contributed by atoms with Gasteiger partial charge in [-0.15, -0.1) is 17.9 Å². The van der Waals surface area contributed by atoms with E-state index >= 15 is 0 Å². The summed E-state index contributed by atoms with van der Waals surface area (Å²) in [6.45, 7) is 8.58. The van der Waals surface area contributed by atoms with Gasteiger partial charge in [0.05, 0.1) is 10.6 Å². The van der Waals surface area contributed by atoms with Crippen LogP contribution in [0.15, 0.2) is 59.0 Å². The highest BCUT2D eigenvalue weighted by atomic mass is 32.2. The maximum atomic E-state index is 13.1. The van der Waals surface area contributed by atoms with E-state index in [1.807, 2.05) is 50.2 Å². The van der Waals surface area contributed by atoms with E-state index in [1.54, 1.807) is 10.6 Å². The Bertz CT molecular complexity index is 1040. The second-order valence-corrected chi connectivity index (χ2v) is 8.68. The first-order chi connectivity index (χ1) is 13.5. The fraction of sp³-hybridized carbons (Fsp3) is 0.286. The number of carbonyl (C=O) groups excluding carboxylic acids is 1. The summed E-state index contributed by atoms with van der Waals surface area (Å²) < 4.78 is 1.59. The highest BCUT2D eigenvalue weighted by molar-refractivity contribution is 8.00. The van der Waals surface area contributed by atoms with E-state index in [1.165, 1.54) is 23.1 Å². The van der Waals surface area contributed by atoms with Crippen LogP contribution in [0.4, 0.5) is 0 Å². The largest absolute Gasteiger partial charge is 0.355 e. The quantitative estimate of drug-likeness (QED) is 0.339. The van der Waals surface area contributed by atoms with Crippen molar-refractivity contribution in [2.75, 3.05) is 6.54 Å². The molecule has 146 valence electrons. The van der Waals surface area contributed by atoms with Crippen LogP contribution in [0.3, 0.4) is 0 Å². The summed E-state index contributed by atoms with van der Waals surface area (Å²) in [7, 11) is 0. The van der Waals surface area contributed by atoms with Crippen LogP contribution in [0.25, 0.3) is 20.7 Å². The molecule has 1 amide bonds. The van der Waals surface area contributed by atoms with Crippen LogP contribution in [0.5, 0.6) is 0 Å². The molecule has 2 aromatic heterocycles. The Morgan fingerprint density at radius 1 is 1.39 bits per heavy atom. The first kappa shape index (κ1) is 20.4. The van der Waals surface area contributed by atoms with Gasteiger partial charge in [-0.1, -0.05) is 55.1 Å². The Kier molecular flexibility index (Phi) is 6.70. The Morgan fingerprint density at radius 3 is 2.82 bits per heavy atom. The van der Waals surface area contributed by atoms with Crippen molar-refractivity contribution in [1.29, 1.82) is 0 Å². The summed E-state index contributed by atoms with van der Waals surface area (Å²) in [5, 5.41) is 3.68. The standard InChI is InChI=1S/C21H23N3O2S2/c1-4-11-22-18(25)14(3)27-21-23-19-16(20(26)24(21)12-5-2)13-17(28-19)15-9-7-6-8-10-15/h5-10,13-14H,2,4,11-12H2,1,3H3,(H,22,25)/t14-/m1/s1. The van der Waals surface area contributed by atoms with Crippen LogP contribution < -0.4 is 10.9 Å². The van der Waals surface area contributed by atoms with Crippen molar-refractivity contribution in [3.05, 3.63) is 59.4 Å². The molecule has 2 heterocycles. The molecule has 28 heavy (non-hydrogen) atoms. The first-order valence-corrected chi connectivity index (χ1v) is 10.9. The third-order valence-corrected chi connectivity index (χ3v) is 6.35. The van der Waals surface area contributed by atoms with E-state index in [0.717, 1.165) is 16.9 Å². The molecule has 0 aliphatic rings. The Hall–Kier alpha value is -2.38. The van der Waals surface area contributed by atoms with Gasteiger partial charge in [0, 0.05) is 18.0 Å². The van der Waals surface area contributed by atoms with Crippen molar-refractivity contribution in [2.24, 2.45) is 0 Å². The number of hydrogen-bond donors (Lipinski definition) is 1. The summed E-state index contributed by atoms with van der Waals surface area (Å²) in [6, 6.07) is 11.8. The number of thiophene rings is 1. The average molecular weight is 414 g/mol. The molecule has 1 aromatic carbocycles. The summed E-state index contributed by atoms with van der Waals surface area (Å²) >= 11 is 2.79. The molecule has 0 fully saturated rings. The predicted octanol–water partition coefficient (Wildman–Crippen LogP) is 4.32. The second-order valence-electron chi connectivity index (χ2n) is 6.35. The third-order valence-electron chi connectivity index (χ3n) is 4.19. The Balaban J connectivity index is 2.01. The summed E-state index contributed by atoms with van der Waals surface area (Å²) in [6.07, 6.45) is 2.55. The molecule has 0 spiro atoms. The van der Waals surface area contributed by atoms with Gasteiger partial charge in [-0.2, -0.15) is 0 Å². The number of nitrogens with zero attached hydrogens (tertiary/aromatic N) is 2. The van der Waals surface area contributed by atoms with Gasteiger partial charge in [-0.25, -0.2) is 4.98 Å². The molecular weight excluding hydrogens is 390 g/mol. The first-order valence-electron chi connectivity index (χ1n) is 9.20. The van der Waals surface area contributed by atoms with Gasteiger partial charge >= 0.3 is 0 Å². The smallest absolute Gasteiger partial charge is 0.263 e. The van der Waals surface area contributed by atoms with Crippen molar-refractivity contribution in [3.63, 3.8) is 0 Å². The molecule has 0 aliphatic heterocycles. The molecule has 0 unspecified atom stereocenters. The fourth-order valence-electron chi connectivity index (χ4n) is 2.73. The molecule has 3 aromatic rings. The van der Waals surface area contributed by atoms with E-state index in [0.29, 0.717) is 28.5 Å². The molecule has 1 N–H and O–H groups in total. The SMILES string of the molecule is C=CCn1c(S[C@H](C)C(=O)NCCC)nc2sc(-c3ccccc3)cc2c1=O. The van der Waals surface area contributed by atoms with Crippen molar-refractivity contribution >= 4 is 39.2 Å². The minimum Gasteiger partial charge on any atom is -0.355 e. The van der Waals surface area contributed by atoms with E-state index in [2.05, 4.69) is 11.9 Å². The third kappa shape index (κ3) is 4.36. The maximum Gasteiger partial charge on any atom is 0.263 e. The Morgan fingerprint density at radius 2 is 2.14 bits per heavy atom. The number of rotatable bonds is 8. The normalized spacial score (nSPS) is 12.1. The number of fused-ring (bicyclic) bond motifs is 1. The summed E-state index contributed by atoms with van der Waals surface area (Å²) in [4.78, 5) is 31.7. The number of aromatic nitrogens is 2.